The van der Waals surface area contributed by atoms with Crippen molar-refractivity contribution in [2.24, 2.45) is 0 Å². The average molecular weight is 246 g/mol. The van der Waals surface area contributed by atoms with Gasteiger partial charge in [-0.2, -0.15) is 0 Å². The van der Waals surface area contributed by atoms with E-state index >= 15 is 0 Å². The molecular weight excluding hydrogens is 234 g/mol. The highest BCUT2D eigenvalue weighted by Gasteiger charge is 2.32. The fourth-order valence-electron chi connectivity index (χ4n) is 2.32. The Morgan fingerprint density at radius 3 is 2.67 bits per heavy atom. The molecule has 1 nitrogen and oxygen atoms in total. The third-order valence-electron chi connectivity index (χ3n) is 3.26. The van der Waals surface area contributed by atoms with Gasteiger partial charge < -0.3 is 4.74 Å². The van der Waals surface area contributed by atoms with Crippen LogP contribution in [0.2, 0.25) is 0 Å². The molecule has 0 amide bonds. The van der Waals surface area contributed by atoms with Crippen LogP contribution in [-0.4, -0.2) is 6.61 Å². The lowest BCUT2D eigenvalue weighted by Crippen LogP contribution is -2.08. The molecule has 0 N–H and O–H groups in total. The summed E-state index contributed by atoms with van der Waals surface area (Å²) in [6.07, 6.45) is -1.13. The number of alkyl halides is 1. The molecule has 0 bridgehead atoms. The third kappa shape index (κ3) is 1.86. The summed E-state index contributed by atoms with van der Waals surface area (Å²) in [5, 5.41) is 0. The largest absolute Gasteiger partial charge is 0.492 e. The molecule has 0 saturated heterocycles. The van der Waals surface area contributed by atoms with Crippen LogP contribution in [0.5, 0.6) is 5.75 Å². The van der Waals surface area contributed by atoms with E-state index in [1.807, 2.05) is 18.2 Å². The Bertz CT molecular complexity index is 554. The maximum absolute atomic E-state index is 14.4. The fourth-order valence-corrected chi connectivity index (χ4v) is 2.32. The highest BCUT2D eigenvalue weighted by molar-refractivity contribution is 5.42. The smallest absolute Gasteiger partial charge is 0.135 e. The molecule has 0 spiro atoms. The van der Waals surface area contributed by atoms with Crippen molar-refractivity contribution in [3.05, 3.63) is 65.5 Å². The lowest BCUT2D eigenvalue weighted by Gasteiger charge is -2.15. The summed E-state index contributed by atoms with van der Waals surface area (Å²) in [6.45, 7) is 0.259. The summed E-state index contributed by atoms with van der Waals surface area (Å²) in [4.78, 5) is 0. The van der Waals surface area contributed by atoms with Crippen molar-refractivity contribution in [1.82, 2.24) is 0 Å². The monoisotopic (exact) mass is 246 g/mol. The predicted octanol–water partition coefficient (Wildman–Crippen LogP) is 4.01. The summed E-state index contributed by atoms with van der Waals surface area (Å²) < 4.78 is 32.8. The van der Waals surface area contributed by atoms with E-state index in [2.05, 4.69) is 0 Å². The van der Waals surface area contributed by atoms with Crippen molar-refractivity contribution < 1.29 is 13.5 Å². The van der Waals surface area contributed by atoms with Crippen molar-refractivity contribution >= 4 is 0 Å². The Balaban J connectivity index is 1.93. The molecule has 1 aliphatic heterocycles. The zero-order chi connectivity index (χ0) is 12.5. The van der Waals surface area contributed by atoms with Gasteiger partial charge in [0.2, 0.25) is 0 Å². The van der Waals surface area contributed by atoms with Crippen molar-refractivity contribution in [2.45, 2.75) is 12.1 Å². The van der Waals surface area contributed by atoms with Crippen LogP contribution < -0.4 is 4.74 Å². The first kappa shape index (κ1) is 11.2. The molecule has 0 aliphatic carbocycles. The van der Waals surface area contributed by atoms with Gasteiger partial charge in [0.05, 0.1) is 12.5 Å². The van der Waals surface area contributed by atoms with Gasteiger partial charge in [-0.05, 0) is 11.6 Å². The Kier molecular flexibility index (Phi) is 2.74. The molecular formula is C15H12F2O. The number of hydrogen-bond acceptors (Lipinski definition) is 1. The quantitative estimate of drug-likeness (QED) is 0.777. The summed E-state index contributed by atoms with van der Waals surface area (Å²) in [5.41, 5.74) is 1.37. The van der Waals surface area contributed by atoms with E-state index < -0.39 is 6.17 Å². The molecule has 3 heteroatoms. The molecule has 92 valence electrons. The molecule has 1 aliphatic rings. The molecule has 0 fully saturated rings. The number of fused-ring (bicyclic) bond motifs is 1. The number of hydrogen-bond donors (Lipinski definition) is 0. The molecule has 2 atom stereocenters. The highest BCUT2D eigenvalue weighted by atomic mass is 19.1. The van der Waals surface area contributed by atoms with E-state index in [4.69, 9.17) is 4.74 Å². The average Bonchev–Trinajstić information content (AvgIpc) is 2.81. The summed E-state index contributed by atoms with van der Waals surface area (Å²) in [5.74, 6) is -0.258. The topological polar surface area (TPSA) is 9.23 Å². The molecule has 0 saturated carbocycles. The maximum Gasteiger partial charge on any atom is 0.135 e. The Morgan fingerprint density at radius 2 is 1.89 bits per heavy atom. The van der Waals surface area contributed by atoms with Crippen LogP contribution in [0.15, 0.2) is 48.5 Å². The molecule has 2 unspecified atom stereocenters. The molecule has 2 aromatic carbocycles. The van der Waals surface area contributed by atoms with Crippen molar-refractivity contribution in [3.63, 3.8) is 0 Å². The normalized spacial score (nSPS) is 19.1. The highest BCUT2D eigenvalue weighted by Crippen LogP contribution is 2.43. The van der Waals surface area contributed by atoms with Crippen molar-refractivity contribution in [2.75, 3.05) is 6.61 Å². The van der Waals surface area contributed by atoms with Crippen molar-refractivity contribution in [3.8, 4) is 5.75 Å². The predicted molar refractivity (Wildman–Crippen MR) is 64.9 cm³/mol. The molecule has 3 rings (SSSR count). The van der Waals surface area contributed by atoms with Crippen LogP contribution in [0.1, 0.15) is 23.2 Å². The molecule has 18 heavy (non-hydrogen) atoms. The van der Waals surface area contributed by atoms with Gasteiger partial charge in [-0.15, -0.1) is 0 Å². The van der Waals surface area contributed by atoms with Gasteiger partial charge in [0, 0.05) is 11.6 Å². The fraction of sp³-hybridized carbons (Fsp3) is 0.200. The van der Waals surface area contributed by atoms with Gasteiger partial charge in [-0.1, -0.05) is 36.4 Å². The minimum Gasteiger partial charge on any atom is -0.492 e. The second kappa shape index (κ2) is 4.41. The van der Waals surface area contributed by atoms with Crippen LogP contribution >= 0.6 is 0 Å². The van der Waals surface area contributed by atoms with E-state index in [0.29, 0.717) is 11.3 Å². The number of halogens is 2. The van der Waals surface area contributed by atoms with Crippen LogP contribution in [0, 0.1) is 5.82 Å². The minimum atomic E-state index is -1.13. The molecule has 2 aromatic rings. The lowest BCUT2D eigenvalue weighted by atomic mass is 9.92. The first-order valence-corrected chi connectivity index (χ1v) is 5.87. The number of ether oxygens (including phenoxy) is 1. The zero-order valence-corrected chi connectivity index (χ0v) is 9.64. The van der Waals surface area contributed by atoms with E-state index in [0.717, 1.165) is 5.56 Å². The number of rotatable bonds is 2. The molecule has 0 radical (unpaired) electrons. The maximum atomic E-state index is 14.4. The summed E-state index contributed by atoms with van der Waals surface area (Å²) in [7, 11) is 0. The third-order valence-corrected chi connectivity index (χ3v) is 3.26. The minimum absolute atomic E-state index is 0.259. The standard InChI is InChI=1S/C15H12F2O/c16-11-6-7-12-13(9-18-14(12)8-11)15(17)10-4-2-1-3-5-10/h1-8,13,15H,9H2. The first-order chi connectivity index (χ1) is 8.75. The van der Waals surface area contributed by atoms with E-state index in [1.165, 1.54) is 12.1 Å². The van der Waals surface area contributed by atoms with E-state index in [1.54, 1.807) is 18.2 Å². The SMILES string of the molecule is Fc1ccc2c(c1)OCC2C(F)c1ccccc1. The van der Waals surface area contributed by atoms with Gasteiger partial charge in [0.25, 0.3) is 0 Å². The Morgan fingerprint density at radius 1 is 1.11 bits per heavy atom. The number of benzene rings is 2. The Labute approximate surface area is 104 Å². The first-order valence-electron chi connectivity index (χ1n) is 5.87. The van der Waals surface area contributed by atoms with Crippen LogP contribution in [-0.2, 0) is 0 Å². The Hall–Kier alpha value is -1.90. The van der Waals surface area contributed by atoms with Crippen molar-refractivity contribution in [1.29, 1.82) is 0 Å². The summed E-state index contributed by atoms with van der Waals surface area (Å²) >= 11 is 0. The van der Waals surface area contributed by atoms with Crippen LogP contribution in [0.25, 0.3) is 0 Å². The van der Waals surface area contributed by atoms with E-state index in [-0.39, 0.29) is 18.3 Å². The van der Waals surface area contributed by atoms with Gasteiger partial charge in [0.1, 0.15) is 17.7 Å². The van der Waals surface area contributed by atoms with E-state index in [9.17, 15) is 8.78 Å². The molecule has 0 aromatic heterocycles. The van der Waals surface area contributed by atoms with Gasteiger partial charge >= 0.3 is 0 Å². The lowest BCUT2D eigenvalue weighted by molar-refractivity contribution is 0.236. The second-order valence-corrected chi connectivity index (χ2v) is 4.41. The van der Waals surface area contributed by atoms with Gasteiger partial charge in [-0.3, -0.25) is 0 Å². The van der Waals surface area contributed by atoms with Crippen LogP contribution in [0.4, 0.5) is 8.78 Å². The van der Waals surface area contributed by atoms with Gasteiger partial charge in [0.15, 0.2) is 0 Å². The summed E-state index contributed by atoms with van der Waals surface area (Å²) in [6, 6.07) is 13.2. The van der Waals surface area contributed by atoms with Crippen LogP contribution in [0.3, 0.4) is 0 Å². The zero-order valence-electron chi connectivity index (χ0n) is 9.64. The van der Waals surface area contributed by atoms with Gasteiger partial charge in [-0.25, -0.2) is 8.78 Å². The molecule has 1 heterocycles. The second-order valence-electron chi connectivity index (χ2n) is 4.41.